The summed E-state index contributed by atoms with van der Waals surface area (Å²) in [6, 6.07) is 4.26. The number of aromatic nitrogens is 2. The Morgan fingerprint density at radius 3 is 2.74 bits per heavy atom. The highest BCUT2D eigenvalue weighted by Gasteiger charge is 2.34. The molecule has 0 saturated carbocycles. The van der Waals surface area contributed by atoms with Crippen LogP contribution in [-0.2, 0) is 11.0 Å². The Hall–Kier alpha value is -2.00. The Balaban J connectivity index is 2.07. The van der Waals surface area contributed by atoms with Crippen molar-refractivity contribution in [2.45, 2.75) is 11.3 Å². The van der Waals surface area contributed by atoms with Gasteiger partial charge >= 0.3 is 6.18 Å². The van der Waals surface area contributed by atoms with Gasteiger partial charge in [-0.05, 0) is 18.2 Å². The van der Waals surface area contributed by atoms with E-state index in [1.807, 2.05) is 0 Å². The molecule has 0 unspecified atom stereocenters. The zero-order valence-electron chi connectivity index (χ0n) is 11.3. The summed E-state index contributed by atoms with van der Waals surface area (Å²) in [6.07, 6.45) is -3.38. The third-order valence-corrected chi connectivity index (χ3v) is 3.67. The summed E-state index contributed by atoms with van der Waals surface area (Å²) in [5.74, 6) is -0.887. The van der Waals surface area contributed by atoms with Crippen molar-refractivity contribution < 1.29 is 18.0 Å². The Bertz CT molecular complexity index is 780. The second kappa shape index (κ2) is 7.05. The van der Waals surface area contributed by atoms with E-state index in [1.165, 1.54) is 18.3 Å². The monoisotopic (exact) mass is 363 g/mol. The first kappa shape index (κ1) is 17.4. The molecule has 0 saturated heterocycles. The smallest absolute Gasteiger partial charge is 0.325 e. The van der Waals surface area contributed by atoms with E-state index in [2.05, 4.69) is 15.3 Å². The Kier molecular flexibility index (Phi) is 5.32. The average Bonchev–Trinajstić information content (AvgIpc) is 2.46. The van der Waals surface area contributed by atoms with Gasteiger partial charge in [0, 0.05) is 17.3 Å². The quantitative estimate of drug-likeness (QED) is 0.646. The van der Waals surface area contributed by atoms with Crippen molar-refractivity contribution in [1.29, 1.82) is 0 Å². The standard InChI is InChI=1S/C13H9ClF3N3O2S/c14-7-1-2-9(8(5-7)13(15,16)17)19-11(22)6-23-12-18-4-3-10(21)20-12/h1-5H,6H2,(H,19,22)(H,18,20,21). The van der Waals surface area contributed by atoms with Crippen LogP contribution in [0.1, 0.15) is 5.56 Å². The molecule has 10 heteroatoms. The van der Waals surface area contributed by atoms with Crippen LogP contribution in [0.25, 0.3) is 0 Å². The maximum atomic E-state index is 12.9. The molecule has 1 amide bonds. The molecule has 2 rings (SSSR count). The molecule has 2 N–H and O–H groups in total. The molecule has 0 atom stereocenters. The van der Waals surface area contributed by atoms with Crippen molar-refractivity contribution in [3.05, 3.63) is 51.4 Å². The predicted octanol–water partition coefficient (Wildman–Crippen LogP) is 3.17. The topological polar surface area (TPSA) is 74.8 Å². The van der Waals surface area contributed by atoms with Gasteiger partial charge in [-0.15, -0.1) is 0 Å². The molecule has 1 aromatic carbocycles. The van der Waals surface area contributed by atoms with E-state index in [0.717, 1.165) is 23.9 Å². The van der Waals surface area contributed by atoms with Crippen molar-refractivity contribution >= 4 is 35.0 Å². The molecule has 0 spiro atoms. The fraction of sp³-hybridized carbons (Fsp3) is 0.154. The summed E-state index contributed by atoms with van der Waals surface area (Å²) in [6.45, 7) is 0. The van der Waals surface area contributed by atoms with Crippen LogP contribution in [0, 0.1) is 0 Å². The lowest BCUT2D eigenvalue weighted by atomic mass is 10.1. The highest BCUT2D eigenvalue weighted by molar-refractivity contribution is 7.99. The molecule has 0 aliphatic rings. The van der Waals surface area contributed by atoms with Crippen LogP contribution in [0.4, 0.5) is 18.9 Å². The number of hydrogen-bond acceptors (Lipinski definition) is 4. The molecule has 23 heavy (non-hydrogen) atoms. The molecule has 0 aliphatic carbocycles. The van der Waals surface area contributed by atoms with Gasteiger partial charge in [0.05, 0.1) is 17.0 Å². The first-order chi connectivity index (χ1) is 10.8. The summed E-state index contributed by atoms with van der Waals surface area (Å²) in [7, 11) is 0. The van der Waals surface area contributed by atoms with Crippen LogP contribution >= 0.6 is 23.4 Å². The van der Waals surface area contributed by atoms with E-state index in [0.29, 0.717) is 0 Å². The number of benzene rings is 1. The fourth-order valence-electron chi connectivity index (χ4n) is 1.61. The number of nitrogens with zero attached hydrogens (tertiary/aromatic N) is 1. The molecule has 1 heterocycles. The van der Waals surface area contributed by atoms with Gasteiger partial charge in [0.1, 0.15) is 0 Å². The number of carbonyl (C=O) groups is 1. The van der Waals surface area contributed by atoms with E-state index in [-0.39, 0.29) is 27.2 Å². The zero-order valence-corrected chi connectivity index (χ0v) is 12.9. The van der Waals surface area contributed by atoms with Gasteiger partial charge in [-0.25, -0.2) is 4.98 Å². The third kappa shape index (κ3) is 5.00. The lowest BCUT2D eigenvalue weighted by Gasteiger charge is -2.14. The van der Waals surface area contributed by atoms with E-state index in [1.54, 1.807) is 0 Å². The van der Waals surface area contributed by atoms with Gasteiger partial charge in [0.15, 0.2) is 5.16 Å². The summed E-state index contributed by atoms with van der Waals surface area (Å²) in [5, 5.41) is 2.28. The second-order valence-corrected chi connectivity index (χ2v) is 5.66. The first-order valence-corrected chi connectivity index (χ1v) is 7.47. The highest BCUT2D eigenvalue weighted by atomic mass is 35.5. The average molecular weight is 364 g/mol. The number of hydrogen-bond donors (Lipinski definition) is 2. The molecule has 5 nitrogen and oxygen atoms in total. The highest BCUT2D eigenvalue weighted by Crippen LogP contribution is 2.36. The fourth-order valence-corrected chi connectivity index (χ4v) is 2.43. The number of anilines is 1. The molecule has 0 radical (unpaired) electrons. The first-order valence-electron chi connectivity index (χ1n) is 6.10. The summed E-state index contributed by atoms with van der Waals surface area (Å²) >= 11 is 6.45. The number of nitrogens with one attached hydrogen (secondary N) is 2. The summed E-state index contributed by atoms with van der Waals surface area (Å²) in [4.78, 5) is 29.1. The third-order valence-electron chi connectivity index (χ3n) is 2.55. The number of rotatable bonds is 4. The molecular formula is C13H9ClF3N3O2S. The minimum atomic E-state index is -4.65. The van der Waals surface area contributed by atoms with Gasteiger partial charge in [0.25, 0.3) is 5.56 Å². The van der Waals surface area contributed by atoms with Crippen LogP contribution < -0.4 is 10.9 Å². The number of halogens is 4. The van der Waals surface area contributed by atoms with Gasteiger partial charge in [-0.2, -0.15) is 13.2 Å². The maximum absolute atomic E-state index is 12.9. The number of carbonyl (C=O) groups excluding carboxylic acids is 1. The molecule has 2 aromatic rings. The number of aromatic amines is 1. The Morgan fingerprint density at radius 1 is 1.35 bits per heavy atom. The predicted molar refractivity (Wildman–Crippen MR) is 80.7 cm³/mol. The number of amides is 1. The minimum Gasteiger partial charge on any atom is -0.325 e. The molecular weight excluding hydrogens is 355 g/mol. The normalized spacial score (nSPS) is 11.3. The van der Waals surface area contributed by atoms with E-state index < -0.39 is 17.6 Å². The summed E-state index contributed by atoms with van der Waals surface area (Å²) in [5.41, 5.74) is -1.81. The van der Waals surface area contributed by atoms with E-state index in [4.69, 9.17) is 11.6 Å². The van der Waals surface area contributed by atoms with Crippen molar-refractivity contribution in [3.8, 4) is 0 Å². The van der Waals surface area contributed by atoms with E-state index in [9.17, 15) is 22.8 Å². The van der Waals surface area contributed by atoms with Crippen LogP contribution in [-0.4, -0.2) is 21.6 Å². The second-order valence-electron chi connectivity index (χ2n) is 4.26. The van der Waals surface area contributed by atoms with Crippen LogP contribution in [0.3, 0.4) is 0 Å². The lowest BCUT2D eigenvalue weighted by molar-refractivity contribution is -0.137. The number of thioether (sulfide) groups is 1. The largest absolute Gasteiger partial charge is 0.418 e. The molecule has 0 fully saturated rings. The molecule has 0 aliphatic heterocycles. The van der Waals surface area contributed by atoms with Crippen LogP contribution in [0.15, 0.2) is 40.4 Å². The van der Waals surface area contributed by atoms with Crippen LogP contribution in [0.5, 0.6) is 0 Å². The number of H-pyrrole nitrogens is 1. The minimum absolute atomic E-state index is 0.0873. The Labute approximate surface area is 137 Å². The van der Waals surface area contributed by atoms with Gasteiger partial charge in [-0.1, -0.05) is 23.4 Å². The Morgan fingerprint density at radius 2 is 2.09 bits per heavy atom. The van der Waals surface area contributed by atoms with Crippen molar-refractivity contribution in [3.63, 3.8) is 0 Å². The van der Waals surface area contributed by atoms with Gasteiger partial charge in [0.2, 0.25) is 5.91 Å². The van der Waals surface area contributed by atoms with E-state index >= 15 is 0 Å². The maximum Gasteiger partial charge on any atom is 0.418 e. The summed E-state index contributed by atoms with van der Waals surface area (Å²) < 4.78 is 38.7. The molecule has 122 valence electrons. The molecule has 1 aromatic heterocycles. The van der Waals surface area contributed by atoms with Crippen molar-refractivity contribution in [1.82, 2.24) is 9.97 Å². The lowest BCUT2D eigenvalue weighted by Crippen LogP contribution is -2.18. The van der Waals surface area contributed by atoms with Crippen molar-refractivity contribution in [2.24, 2.45) is 0 Å². The molecule has 0 bridgehead atoms. The van der Waals surface area contributed by atoms with Crippen LogP contribution in [0.2, 0.25) is 5.02 Å². The zero-order chi connectivity index (χ0) is 17.0. The van der Waals surface area contributed by atoms with Gasteiger partial charge < -0.3 is 10.3 Å². The van der Waals surface area contributed by atoms with Gasteiger partial charge in [-0.3, -0.25) is 9.59 Å². The SMILES string of the molecule is O=C(CSc1nccc(=O)[nH]1)Nc1ccc(Cl)cc1C(F)(F)F. The van der Waals surface area contributed by atoms with Crippen molar-refractivity contribution in [2.75, 3.05) is 11.1 Å². The number of alkyl halides is 3.